The molecule has 94 heavy (non-hydrogen) atoms. The summed E-state index contributed by atoms with van der Waals surface area (Å²) >= 11 is 0. The summed E-state index contributed by atoms with van der Waals surface area (Å²) in [7, 11) is 13.1. The summed E-state index contributed by atoms with van der Waals surface area (Å²) in [6.07, 6.45) is 3.35. The van der Waals surface area contributed by atoms with E-state index in [4.69, 9.17) is 9.47 Å². The number of carbonyl (C=O) groups excluding carboxylic acids is 12. The van der Waals surface area contributed by atoms with E-state index in [-0.39, 0.29) is 62.9 Å². The molecule has 26 nitrogen and oxygen atoms in total. The van der Waals surface area contributed by atoms with Crippen molar-refractivity contribution in [3.05, 3.63) is 12.2 Å². The van der Waals surface area contributed by atoms with E-state index < -0.39 is 167 Å². The van der Waals surface area contributed by atoms with Gasteiger partial charge in [-0.05, 0) is 115 Å². The predicted octanol–water partition coefficient (Wildman–Crippen LogP) is 3.44. The molecule has 1 saturated heterocycles. The maximum Gasteiger partial charge on any atom is 0.303 e. The molecule has 5 N–H and O–H groups in total. The molecule has 1 aliphatic rings. The van der Waals surface area contributed by atoms with E-state index in [0.717, 1.165) is 4.90 Å². The van der Waals surface area contributed by atoms with Crippen LogP contribution in [0.5, 0.6) is 0 Å². The summed E-state index contributed by atoms with van der Waals surface area (Å²) < 4.78 is 11.5. The second kappa shape index (κ2) is 40.0. The standard InChI is InChI=1S/C68H122N12O14/c1-27-29-31-43(13)57(94-47(17)81)56-61(85)72-48(28-2)63(87)74(19)49(32-30-33-69-18)64(88)79(24)55(44(14)37-93-26)60(84)73-53(41(9)10)67(91)75(20)50(34-38(3)4)59(83)70-45(15)58(82)71-46(16)62(86)76(21)51(35-39(5)6)65(89)77(22)52(36-40(7)8)66(90)78(23)54(42(11)12)68(92)80(56)25/h27,29,38-46,48-57,69H,28,30-37H2,1-26H3,(H,70,83)(H,71,82)(H,72,85)(H,73,84)/b29-27+/t43-,44-,45+,46-,48+,49-,50+,51+,52+,53+,54+,55+,56+,57-/m1/s1. The highest BCUT2D eigenvalue weighted by Crippen LogP contribution is 2.27. The minimum atomic E-state index is -1.64. The third-order valence-electron chi connectivity index (χ3n) is 17.7. The zero-order chi connectivity index (χ0) is 72.7. The molecule has 0 radical (unpaired) electrons. The number of nitrogens with one attached hydrogen (secondary N) is 5. The first kappa shape index (κ1) is 85.3. The van der Waals surface area contributed by atoms with Crippen molar-refractivity contribution in [3.63, 3.8) is 0 Å². The fourth-order valence-electron chi connectivity index (χ4n) is 12.2. The van der Waals surface area contributed by atoms with Crippen molar-refractivity contribution in [1.82, 2.24) is 60.9 Å². The van der Waals surface area contributed by atoms with Gasteiger partial charge in [0.2, 0.25) is 65.0 Å². The smallest absolute Gasteiger partial charge is 0.303 e. The van der Waals surface area contributed by atoms with E-state index in [1.165, 1.54) is 107 Å². The van der Waals surface area contributed by atoms with Crippen LogP contribution in [0, 0.1) is 41.4 Å². The number of hydrogen-bond donors (Lipinski definition) is 5. The number of allylic oxidation sites excluding steroid dienone is 2. The number of ether oxygens (including phenoxy) is 2. The molecule has 0 spiro atoms. The van der Waals surface area contributed by atoms with Crippen LogP contribution in [-0.2, 0) is 67.0 Å². The van der Waals surface area contributed by atoms with Gasteiger partial charge in [0, 0.05) is 69.3 Å². The summed E-state index contributed by atoms with van der Waals surface area (Å²) in [6.45, 7) is 29.4. The lowest BCUT2D eigenvalue weighted by molar-refractivity contribution is -0.164. The predicted molar refractivity (Wildman–Crippen MR) is 362 cm³/mol. The second-order valence-corrected chi connectivity index (χ2v) is 27.9. The second-order valence-electron chi connectivity index (χ2n) is 27.9. The molecule has 1 rings (SSSR count). The average Bonchev–Trinajstić information content (AvgIpc) is 0.815. The Morgan fingerprint density at radius 2 is 0.968 bits per heavy atom. The molecule has 1 fully saturated rings. The molecule has 0 bridgehead atoms. The van der Waals surface area contributed by atoms with Gasteiger partial charge in [-0.2, -0.15) is 0 Å². The van der Waals surface area contributed by atoms with Gasteiger partial charge in [0.1, 0.15) is 72.6 Å². The van der Waals surface area contributed by atoms with Gasteiger partial charge in [-0.15, -0.1) is 0 Å². The SMILES string of the molecule is C/C=C/C[C@@H](C)[C@@H](OC(C)=O)[C@H]1C(=O)N[C@@H](CC)C(=O)N(C)[C@H](CCCNC)C(=O)N(C)[C@@H]([C@H](C)COC)C(=O)N[C@@H](C(C)C)C(=O)N(C)[C@@H](CC(C)C)C(=O)N[C@@H](C)C(=O)N[C@H](C)C(=O)N(C)[C@@H](CC(C)C)C(=O)N(C)[C@@H](CC(C)C)C(=O)N(C)[C@@H](C(C)C)C(=O)N1C. The van der Waals surface area contributed by atoms with E-state index in [0.29, 0.717) is 13.0 Å². The van der Waals surface area contributed by atoms with E-state index >= 15 is 33.6 Å². The topological polar surface area (TPSA) is 306 Å². The summed E-state index contributed by atoms with van der Waals surface area (Å²) in [5.74, 6) is -11.5. The normalized spacial score (nSPS) is 26.5. The first-order chi connectivity index (χ1) is 43.6. The van der Waals surface area contributed by atoms with Crippen LogP contribution in [0.15, 0.2) is 12.2 Å². The van der Waals surface area contributed by atoms with Crippen molar-refractivity contribution in [2.24, 2.45) is 41.4 Å². The molecule has 14 atom stereocenters. The number of esters is 1. The Morgan fingerprint density at radius 3 is 1.44 bits per heavy atom. The summed E-state index contributed by atoms with van der Waals surface area (Å²) in [5, 5.41) is 14.2. The Morgan fingerprint density at radius 1 is 0.521 bits per heavy atom. The molecule has 0 unspecified atom stereocenters. The van der Waals surface area contributed by atoms with E-state index in [1.54, 1.807) is 68.5 Å². The Bertz CT molecular complexity index is 2580. The van der Waals surface area contributed by atoms with Crippen LogP contribution in [0.3, 0.4) is 0 Å². The number of carbonyl (C=O) groups is 12. The first-order valence-corrected chi connectivity index (χ1v) is 33.6. The number of hydrogen-bond acceptors (Lipinski definition) is 15. The third-order valence-corrected chi connectivity index (χ3v) is 17.7. The van der Waals surface area contributed by atoms with Gasteiger partial charge in [-0.3, -0.25) is 57.5 Å². The molecule has 0 saturated carbocycles. The zero-order valence-electron chi connectivity index (χ0n) is 61.8. The largest absolute Gasteiger partial charge is 0.459 e. The highest BCUT2D eigenvalue weighted by Gasteiger charge is 2.48. The van der Waals surface area contributed by atoms with Crippen LogP contribution in [-0.4, -0.2) is 254 Å². The minimum absolute atomic E-state index is 0.0241. The average molecular weight is 1330 g/mol. The van der Waals surface area contributed by atoms with Crippen molar-refractivity contribution < 1.29 is 67.0 Å². The molecule has 0 aromatic carbocycles. The van der Waals surface area contributed by atoms with Crippen molar-refractivity contribution in [3.8, 4) is 0 Å². The molecule has 11 amide bonds. The van der Waals surface area contributed by atoms with E-state index in [9.17, 15) is 24.0 Å². The fourth-order valence-corrected chi connectivity index (χ4v) is 12.2. The van der Waals surface area contributed by atoms with Crippen molar-refractivity contribution in [2.45, 2.75) is 235 Å². The Kier molecular flexibility index (Phi) is 36.3. The molecule has 538 valence electrons. The zero-order valence-corrected chi connectivity index (χ0v) is 61.8. The first-order valence-electron chi connectivity index (χ1n) is 33.6. The minimum Gasteiger partial charge on any atom is -0.459 e. The molecule has 1 heterocycles. The van der Waals surface area contributed by atoms with Crippen molar-refractivity contribution in [2.75, 3.05) is 76.6 Å². The Labute approximate surface area is 562 Å². The monoisotopic (exact) mass is 1330 g/mol. The summed E-state index contributed by atoms with van der Waals surface area (Å²) in [5.41, 5.74) is 0. The molecule has 1 aliphatic heterocycles. The van der Waals surface area contributed by atoms with Gasteiger partial charge in [-0.25, -0.2) is 0 Å². The van der Waals surface area contributed by atoms with Crippen LogP contribution in [0.25, 0.3) is 0 Å². The highest BCUT2D eigenvalue weighted by molar-refractivity contribution is 6.00. The Hall–Kier alpha value is -6.70. The number of amides is 11. The maximum atomic E-state index is 15.6. The lowest BCUT2D eigenvalue weighted by Crippen LogP contribution is -2.64. The molecule has 0 aromatic heterocycles. The summed E-state index contributed by atoms with van der Waals surface area (Å²) in [4.78, 5) is 186. The third kappa shape index (κ3) is 23.9. The van der Waals surface area contributed by atoms with Gasteiger partial charge < -0.3 is 70.4 Å². The van der Waals surface area contributed by atoms with Gasteiger partial charge >= 0.3 is 5.97 Å². The molecular weight excluding hydrogens is 1210 g/mol. The molecular formula is C68H122N12O14. The van der Waals surface area contributed by atoms with Crippen molar-refractivity contribution in [1.29, 1.82) is 0 Å². The van der Waals surface area contributed by atoms with Crippen LogP contribution in [0.2, 0.25) is 0 Å². The van der Waals surface area contributed by atoms with E-state index in [1.807, 2.05) is 47.6 Å². The van der Waals surface area contributed by atoms with Crippen LogP contribution < -0.4 is 26.6 Å². The van der Waals surface area contributed by atoms with Gasteiger partial charge in [0.15, 0.2) is 0 Å². The van der Waals surface area contributed by atoms with E-state index in [2.05, 4.69) is 26.6 Å². The number of likely N-dealkylation sites (N-methyl/N-ethyl adjacent to an activating group) is 7. The van der Waals surface area contributed by atoms with Crippen molar-refractivity contribution >= 4 is 70.9 Å². The highest BCUT2D eigenvalue weighted by atomic mass is 16.5. The number of rotatable bonds is 21. The molecule has 0 aliphatic carbocycles. The lowest BCUT2D eigenvalue weighted by atomic mass is 9.91. The Balaban J connectivity index is 4.65. The quantitative estimate of drug-likeness (QED) is 0.0625. The molecule has 26 heteroatoms. The van der Waals surface area contributed by atoms with Crippen LogP contribution in [0.4, 0.5) is 0 Å². The maximum absolute atomic E-state index is 15.6. The lowest BCUT2D eigenvalue weighted by Gasteiger charge is -2.42. The van der Waals surface area contributed by atoms with Gasteiger partial charge in [0.25, 0.3) is 0 Å². The number of methoxy groups -OCH3 is 1. The number of nitrogens with zero attached hydrogens (tertiary/aromatic N) is 7. The summed E-state index contributed by atoms with van der Waals surface area (Å²) in [6, 6.07) is -14.2. The van der Waals surface area contributed by atoms with Crippen LogP contribution in [0.1, 0.15) is 163 Å². The fraction of sp³-hybridized carbons (Fsp3) is 0.794. The van der Waals surface area contributed by atoms with Gasteiger partial charge in [-0.1, -0.05) is 102 Å². The van der Waals surface area contributed by atoms with Crippen LogP contribution >= 0.6 is 0 Å². The molecule has 0 aromatic rings. The van der Waals surface area contributed by atoms with Gasteiger partial charge in [0.05, 0.1) is 6.61 Å².